The van der Waals surface area contributed by atoms with Gasteiger partial charge in [-0.1, -0.05) is 114 Å². The standard InChI is InChI=1S/C22H20NS.C18H23FNSi.Ir/c1-22(2,3)14-15-11-12-23-19(13-15)18-9-6-8-17-16-7-4-5-10-20(16)24-21(17)18;1-12(2)15-10-17(20-11-18(15)21(4,5)6)14-8-7-13(3)9-16(14)19;/h4-8,10-13H,14H2,1-3H3;7,9-12H,1-6H3;/q2*-1;/i14D2;3D3,12D;. The van der Waals surface area contributed by atoms with E-state index >= 15 is 0 Å². The van der Waals surface area contributed by atoms with Crippen LogP contribution in [-0.4, -0.2) is 18.0 Å². The van der Waals surface area contributed by atoms with Crippen LogP contribution < -0.4 is 5.19 Å². The van der Waals surface area contributed by atoms with Crippen LogP contribution in [-0.2, 0) is 26.5 Å². The number of hydrogen-bond acceptors (Lipinski definition) is 3. The average Bonchev–Trinajstić information content (AvgIpc) is 3.42. The Morgan fingerprint density at radius 3 is 2.39 bits per heavy atom. The van der Waals surface area contributed by atoms with Crippen LogP contribution >= 0.6 is 11.3 Å². The minimum atomic E-state index is -2.38. The molecule has 0 aliphatic heterocycles. The van der Waals surface area contributed by atoms with Crippen LogP contribution in [0.4, 0.5) is 4.39 Å². The van der Waals surface area contributed by atoms with E-state index in [-0.39, 0.29) is 31.2 Å². The number of nitrogens with zero attached hydrogens (tertiary/aromatic N) is 2. The summed E-state index contributed by atoms with van der Waals surface area (Å²) >= 11 is 1.74. The van der Waals surface area contributed by atoms with Gasteiger partial charge in [0.25, 0.3) is 0 Å². The number of rotatable bonds is 5. The molecule has 0 aliphatic rings. The fourth-order valence-corrected chi connectivity index (χ4v) is 8.02. The van der Waals surface area contributed by atoms with E-state index in [2.05, 4.69) is 72.1 Å². The first-order valence-corrected chi connectivity index (χ1v) is 19.3. The third-order valence-corrected chi connectivity index (χ3v) is 10.5. The van der Waals surface area contributed by atoms with Crippen LogP contribution in [0.25, 0.3) is 42.7 Å². The Kier molecular flexibility index (Phi) is 8.77. The molecule has 3 aromatic carbocycles. The van der Waals surface area contributed by atoms with Crippen molar-refractivity contribution in [3.63, 3.8) is 0 Å². The third-order valence-electron chi connectivity index (χ3n) is 7.27. The summed E-state index contributed by atoms with van der Waals surface area (Å²) in [6.07, 6.45) is 1.99. The number of thiophene rings is 1. The van der Waals surface area contributed by atoms with Gasteiger partial charge < -0.3 is 9.97 Å². The predicted octanol–water partition coefficient (Wildman–Crippen LogP) is 11.2. The molecule has 1 radical (unpaired) electrons. The van der Waals surface area contributed by atoms with Crippen molar-refractivity contribution in [3.05, 3.63) is 114 Å². The van der Waals surface area contributed by atoms with Gasteiger partial charge in [-0.3, -0.25) is 4.39 Å². The maximum absolute atomic E-state index is 14.5. The molecule has 0 atom stereocenters. The van der Waals surface area contributed by atoms with Crippen molar-refractivity contribution in [2.75, 3.05) is 0 Å². The number of hydrogen-bond donors (Lipinski definition) is 0. The fraction of sp³-hybridized carbons (Fsp3) is 0.300. The first kappa shape index (κ1) is 28.0. The van der Waals surface area contributed by atoms with Crippen molar-refractivity contribution >= 4 is 44.8 Å². The number of benzene rings is 3. The Balaban J connectivity index is 0.000000229. The van der Waals surface area contributed by atoms with Gasteiger partial charge in [-0.15, -0.1) is 47.5 Å². The second-order valence-corrected chi connectivity index (χ2v) is 19.6. The Morgan fingerprint density at radius 2 is 1.72 bits per heavy atom. The maximum Gasteiger partial charge on any atom is 0.0799 e. The molecule has 241 valence electrons. The molecule has 0 N–H and O–H groups in total. The summed E-state index contributed by atoms with van der Waals surface area (Å²) in [6, 6.07) is 26.1. The smallest absolute Gasteiger partial charge is 0.0799 e. The molecule has 6 rings (SSSR count). The number of halogens is 1. The molecule has 0 aliphatic carbocycles. The Labute approximate surface area is 301 Å². The summed E-state index contributed by atoms with van der Waals surface area (Å²) < 4.78 is 64.5. The summed E-state index contributed by atoms with van der Waals surface area (Å²) in [5.41, 5.74) is 3.09. The van der Waals surface area contributed by atoms with Crippen molar-refractivity contribution in [2.24, 2.45) is 5.41 Å². The van der Waals surface area contributed by atoms with E-state index in [9.17, 15) is 4.39 Å². The number of pyridine rings is 2. The van der Waals surface area contributed by atoms with Crippen molar-refractivity contribution in [2.45, 2.75) is 73.4 Å². The average molecular weight is 829 g/mol. The molecule has 0 fully saturated rings. The number of aromatic nitrogens is 2. The molecule has 0 saturated heterocycles. The van der Waals surface area contributed by atoms with Crippen LogP contribution in [0.3, 0.4) is 0 Å². The molecule has 46 heavy (non-hydrogen) atoms. The maximum atomic E-state index is 14.5. The van der Waals surface area contributed by atoms with Crippen molar-refractivity contribution < 1.29 is 32.7 Å². The molecule has 2 nitrogen and oxygen atoms in total. The minimum Gasteiger partial charge on any atom is -0.305 e. The molecule has 0 unspecified atom stereocenters. The van der Waals surface area contributed by atoms with E-state index in [0.717, 1.165) is 32.8 Å². The zero-order chi connectivity index (χ0) is 37.7. The first-order valence-electron chi connectivity index (χ1n) is 18.0. The van der Waals surface area contributed by atoms with Gasteiger partial charge in [0.15, 0.2) is 0 Å². The van der Waals surface area contributed by atoms with Crippen LogP contribution in [0, 0.1) is 30.2 Å². The molecule has 3 aromatic heterocycles. The van der Waals surface area contributed by atoms with Gasteiger partial charge in [0.2, 0.25) is 0 Å². The summed E-state index contributed by atoms with van der Waals surface area (Å²) in [7, 11) is -1.72. The van der Waals surface area contributed by atoms with Crippen LogP contribution in [0.5, 0.6) is 0 Å². The summed E-state index contributed by atoms with van der Waals surface area (Å²) in [6.45, 7) is 13.5. The zero-order valence-electron chi connectivity index (χ0n) is 33.5. The summed E-state index contributed by atoms with van der Waals surface area (Å²) in [4.78, 5) is 8.92. The van der Waals surface area contributed by atoms with Crippen LogP contribution in [0.1, 0.15) is 65.4 Å². The van der Waals surface area contributed by atoms with E-state index in [0.29, 0.717) is 11.3 Å². The molecule has 0 amide bonds. The largest absolute Gasteiger partial charge is 0.305 e. The quantitative estimate of drug-likeness (QED) is 0.128. The number of aryl methyl sites for hydroxylation is 1. The van der Waals surface area contributed by atoms with E-state index in [1.165, 1.54) is 21.5 Å². The molecule has 0 bridgehead atoms. The Morgan fingerprint density at radius 1 is 0.978 bits per heavy atom. The van der Waals surface area contributed by atoms with Crippen molar-refractivity contribution in [1.82, 2.24) is 9.97 Å². The summed E-state index contributed by atoms with van der Waals surface area (Å²) in [5, 5.41) is 3.50. The van der Waals surface area contributed by atoms with Gasteiger partial charge >= 0.3 is 0 Å². The fourth-order valence-electron chi connectivity index (χ4n) is 5.23. The second-order valence-electron chi connectivity index (χ2n) is 13.5. The van der Waals surface area contributed by atoms with Gasteiger partial charge in [-0.05, 0) is 56.5 Å². The minimum absolute atomic E-state index is 0. The molecule has 6 heteroatoms. The molecule has 0 saturated carbocycles. The topological polar surface area (TPSA) is 25.8 Å². The Bertz CT molecular complexity index is 2220. The monoisotopic (exact) mass is 829 g/mol. The van der Waals surface area contributed by atoms with Crippen LogP contribution in [0.15, 0.2) is 79.1 Å². The number of fused-ring (bicyclic) bond motifs is 3. The normalized spacial score (nSPS) is 14.5. The molecule has 6 aromatic rings. The second kappa shape index (κ2) is 14.4. The van der Waals surface area contributed by atoms with E-state index in [1.54, 1.807) is 49.7 Å². The van der Waals surface area contributed by atoms with Gasteiger partial charge in [0.05, 0.1) is 8.07 Å². The van der Waals surface area contributed by atoms with E-state index < -0.39 is 38.4 Å². The first-order chi connectivity index (χ1) is 23.5. The van der Waals surface area contributed by atoms with E-state index in [4.69, 9.17) is 8.22 Å². The van der Waals surface area contributed by atoms with Gasteiger partial charge in [0.1, 0.15) is 0 Å². The van der Waals surface area contributed by atoms with Crippen molar-refractivity contribution in [3.8, 4) is 22.5 Å². The predicted molar refractivity (Wildman–Crippen MR) is 195 cm³/mol. The SMILES string of the molecule is [2H]C([2H])([2H])c1c[c-]c(-c2cc(C([2H])(C)C)c([Si](C)(C)C)cn2)c(F)c1.[2H]C([2H])(c1ccnc(-c2[c-]ccc3c2sc2ccccc23)c1)C(C)(C)C.[Ir]. The van der Waals surface area contributed by atoms with Gasteiger partial charge in [-0.25, -0.2) is 0 Å². The molecular formula is C40H43FIrN2SSi-2. The Hall–Kier alpha value is -3.02. The van der Waals surface area contributed by atoms with Crippen LogP contribution in [0.2, 0.25) is 19.6 Å². The third kappa shape index (κ3) is 8.27. The van der Waals surface area contributed by atoms with Gasteiger partial charge in [0, 0.05) is 51.2 Å². The molecule has 0 spiro atoms. The zero-order valence-corrected chi connectivity index (χ0v) is 31.7. The van der Waals surface area contributed by atoms with E-state index in [1.807, 2.05) is 32.9 Å². The van der Waals surface area contributed by atoms with Crippen molar-refractivity contribution in [1.29, 1.82) is 0 Å². The molecular weight excluding hydrogens is 780 g/mol. The van der Waals surface area contributed by atoms with Gasteiger partial charge in [-0.2, -0.15) is 11.3 Å². The summed E-state index contributed by atoms with van der Waals surface area (Å²) in [5.74, 6) is -1.52. The molecule has 3 heterocycles.